The van der Waals surface area contributed by atoms with Crippen molar-refractivity contribution in [3.05, 3.63) is 57.0 Å². The molecule has 4 heterocycles. The number of thioether (sulfide) groups is 1. The summed E-state index contributed by atoms with van der Waals surface area (Å²) in [6.07, 6.45) is 3.46. The highest BCUT2D eigenvalue weighted by Gasteiger charge is 2.36. The van der Waals surface area contributed by atoms with E-state index in [1.807, 2.05) is 35.9 Å². The predicted octanol–water partition coefficient (Wildman–Crippen LogP) is 5.24. The number of aliphatic imine (C=N–C) groups is 1. The number of nitrogens with one attached hydrogen (secondary N) is 2. The number of H-pyrrole nitrogens is 2. The fraction of sp³-hybridized carbons (Fsp3) is 0.409. The van der Waals surface area contributed by atoms with E-state index in [9.17, 15) is 4.79 Å². The molecule has 3 aromatic rings. The lowest BCUT2D eigenvalue weighted by Crippen LogP contribution is -2.35. The van der Waals surface area contributed by atoms with Gasteiger partial charge in [-0.15, -0.1) is 0 Å². The summed E-state index contributed by atoms with van der Waals surface area (Å²) in [5.41, 5.74) is 3.16. The van der Waals surface area contributed by atoms with E-state index in [1.54, 1.807) is 18.0 Å². The van der Waals surface area contributed by atoms with Crippen molar-refractivity contribution in [1.82, 2.24) is 20.0 Å². The monoisotopic (exact) mass is 457 g/mol. The smallest absolute Gasteiger partial charge is 0.271 e. The van der Waals surface area contributed by atoms with Crippen molar-refractivity contribution in [1.29, 1.82) is 0 Å². The number of benzene rings is 1. The van der Waals surface area contributed by atoms with Crippen LogP contribution in [0, 0.1) is 0 Å². The second-order valence-electron chi connectivity index (χ2n) is 8.64. The number of ether oxygens (including phenoxy) is 1. The molecule has 162 valence electrons. The van der Waals surface area contributed by atoms with Crippen molar-refractivity contribution < 1.29 is 4.74 Å². The molecule has 0 spiro atoms. The molecule has 0 saturated carbocycles. The van der Waals surface area contributed by atoms with Crippen molar-refractivity contribution in [3.63, 3.8) is 0 Å². The van der Waals surface area contributed by atoms with Crippen LogP contribution in [0.3, 0.4) is 0 Å². The van der Waals surface area contributed by atoms with Crippen LogP contribution in [0.4, 0.5) is 5.82 Å². The van der Waals surface area contributed by atoms with Crippen molar-refractivity contribution >= 4 is 34.2 Å². The molecule has 2 atom stereocenters. The average molecular weight is 458 g/mol. The number of hydrogen-bond donors (Lipinski definition) is 2. The van der Waals surface area contributed by atoms with Crippen LogP contribution < -0.4 is 5.56 Å². The van der Waals surface area contributed by atoms with E-state index in [0.29, 0.717) is 17.2 Å². The van der Waals surface area contributed by atoms with Gasteiger partial charge < -0.3 is 4.74 Å². The Labute approximate surface area is 189 Å². The number of nitrogens with zero attached hydrogens (tertiary/aromatic N) is 3. The summed E-state index contributed by atoms with van der Waals surface area (Å²) in [5, 5.41) is 11.9. The predicted molar refractivity (Wildman–Crippen MR) is 125 cm³/mol. The van der Waals surface area contributed by atoms with E-state index in [2.05, 4.69) is 29.1 Å². The van der Waals surface area contributed by atoms with Gasteiger partial charge in [-0.25, -0.2) is 4.99 Å². The molecule has 0 unspecified atom stereocenters. The van der Waals surface area contributed by atoms with Crippen LogP contribution in [0.2, 0.25) is 5.02 Å². The second kappa shape index (κ2) is 7.69. The zero-order chi connectivity index (χ0) is 21.8. The van der Waals surface area contributed by atoms with Crippen LogP contribution in [0.5, 0.6) is 0 Å². The Morgan fingerprint density at radius 1 is 1.29 bits per heavy atom. The zero-order valence-corrected chi connectivity index (χ0v) is 19.2. The largest absolute Gasteiger partial charge is 0.375 e. The minimum Gasteiger partial charge on any atom is -0.375 e. The van der Waals surface area contributed by atoms with E-state index in [1.165, 1.54) is 0 Å². The van der Waals surface area contributed by atoms with Gasteiger partial charge in [0.1, 0.15) is 0 Å². The first-order chi connectivity index (χ1) is 14.8. The highest BCUT2D eigenvalue weighted by Crippen LogP contribution is 2.47. The van der Waals surface area contributed by atoms with Crippen LogP contribution in [-0.2, 0) is 4.74 Å². The maximum absolute atomic E-state index is 13.2. The number of hydrogen-bond acceptors (Lipinski definition) is 5. The number of fused-ring (bicyclic) bond motifs is 1. The summed E-state index contributed by atoms with van der Waals surface area (Å²) < 4.78 is 7.83. The Kier molecular flexibility index (Phi) is 5.11. The molecule has 0 amide bonds. The van der Waals surface area contributed by atoms with Crippen LogP contribution >= 0.6 is 23.4 Å². The summed E-state index contributed by atoms with van der Waals surface area (Å²) in [6.45, 7) is 6.82. The highest BCUT2D eigenvalue weighted by molar-refractivity contribution is 8.14. The second-order valence-corrected chi connectivity index (χ2v) is 10.4. The van der Waals surface area contributed by atoms with Gasteiger partial charge in [0.25, 0.3) is 5.56 Å². The third-order valence-electron chi connectivity index (χ3n) is 5.87. The Bertz CT molecular complexity index is 1210. The lowest BCUT2D eigenvalue weighted by atomic mass is 9.94. The van der Waals surface area contributed by atoms with Gasteiger partial charge in [-0.3, -0.25) is 19.7 Å². The fourth-order valence-corrected chi connectivity index (χ4v) is 5.70. The molecule has 1 saturated heterocycles. The van der Waals surface area contributed by atoms with Crippen LogP contribution in [0.15, 0.2) is 40.2 Å². The van der Waals surface area contributed by atoms with E-state index in [-0.39, 0.29) is 22.5 Å². The van der Waals surface area contributed by atoms with Crippen LogP contribution in [0.1, 0.15) is 56.0 Å². The van der Waals surface area contributed by atoms with Crippen molar-refractivity contribution in [2.24, 2.45) is 4.99 Å². The number of aromatic amines is 2. The molecular formula is C22H24ClN5O2S. The lowest BCUT2D eigenvalue weighted by Gasteiger charge is -2.36. The van der Waals surface area contributed by atoms with Gasteiger partial charge >= 0.3 is 0 Å². The molecule has 1 fully saturated rings. The lowest BCUT2D eigenvalue weighted by molar-refractivity contribution is -0.0705. The normalized spacial score (nSPS) is 22.8. The van der Waals surface area contributed by atoms with E-state index < -0.39 is 0 Å². The third kappa shape index (κ3) is 3.77. The Morgan fingerprint density at radius 3 is 2.81 bits per heavy atom. The average Bonchev–Trinajstić information content (AvgIpc) is 3.32. The molecule has 9 heteroatoms. The Morgan fingerprint density at radius 2 is 2.06 bits per heavy atom. The van der Waals surface area contributed by atoms with Crippen molar-refractivity contribution in [3.8, 4) is 11.3 Å². The molecule has 31 heavy (non-hydrogen) atoms. The Hall–Kier alpha value is -2.29. The highest BCUT2D eigenvalue weighted by atomic mass is 35.5. The first-order valence-electron chi connectivity index (χ1n) is 10.3. The SMILES string of the molecule is CC1=Nc2c(c(=O)[nH]n2[C@@H]2CCOC(C)(C)C2)[C@@H](c2cn[nH]c2-c2ccc(Cl)cc2)S1. The molecule has 2 aromatic heterocycles. The van der Waals surface area contributed by atoms with Crippen molar-refractivity contribution in [2.75, 3.05) is 6.61 Å². The Balaban J connectivity index is 1.59. The van der Waals surface area contributed by atoms with Crippen LogP contribution in [0.25, 0.3) is 11.3 Å². The molecule has 2 N–H and O–H groups in total. The summed E-state index contributed by atoms with van der Waals surface area (Å²) >= 11 is 7.64. The zero-order valence-electron chi connectivity index (χ0n) is 17.6. The van der Waals surface area contributed by atoms with E-state index >= 15 is 0 Å². The molecule has 5 rings (SSSR count). The van der Waals surface area contributed by atoms with Gasteiger partial charge in [-0.05, 0) is 51.3 Å². The third-order valence-corrected chi connectivity index (χ3v) is 7.28. The summed E-state index contributed by atoms with van der Waals surface area (Å²) in [4.78, 5) is 17.9. The first kappa shape index (κ1) is 20.6. The number of halogens is 1. The van der Waals surface area contributed by atoms with E-state index in [0.717, 1.165) is 40.5 Å². The minimum absolute atomic E-state index is 0.101. The molecule has 2 aliphatic rings. The maximum Gasteiger partial charge on any atom is 0.271 e. The molecule has 2 aliphatic heterocycles. The van der Waals surface area contributed by atoms with Gasteiger partial charge in [0, 0.05) is 17.2 Å². The quantitative estimate of drug-likeness (QED) is 0.563. The van der Waals surface area contributed by atoms with Crippen molar-refractivity contribution in [2.45, 2.75) is 50.5 Å². The molecule has 0 aliphatic carbocycles. The molecule has 1 aromatic carbocycles. The van der Waals surface area contributed by atoms with Crippen LogP contribution in [-0.4, -0.2) is 37.2 Å². The summed E-state index contributed by atoms with van der Waals surface area (Å²) in [7, 11) is 0. The molecule has 0 bridgehead atoms. The molecule has 7 nitrogen and oxygen atoms in total. The van der Waals surface area contributed by atoms with Gasteiger partial charge in [0.15, 0.2) is 5.82 Å². The first-order valence-corrected chi connectivity index (χ1v) is 11.6. The summed E-state index contributed by atoms with van der Waals surface area (Å²) in [5.74, 6) is 0.720. The minimum atomic E-state index is -0.231. The molecule has 0 radical (unpaired) electrons. The van der Waals surface area contributed by atoms with Gasteiger partial charge in [0.2, 0.25) is 0 Å². The standard InChI is InChI=1S/C22H24ClN5O2S/c1-12-25-20-17(21(29)27-28(20)15-8-9-30-22(2,3)10-15)19(31-12)16-11-24-26-18(16)13-4-6-14(23)7-5-13/h4-7,11,15,19H,8-10H2,1-3H3,(H,24,26)(H,27,29)/t15-,19-/m1/s1. The van der Waals surface area contributed by atoms with Gasteiger partial charge in [-0.1, -0.05) is 35.5 Å². The number of aromatic nitrogens is 4. The molecular weight excluding hydrogens is 434 g/mol. The fourth-order valence-electron chi connectivity index (χ4n) is 4.45. The maximum atomic E-state index is 13.2. The number of rotatable bonds is 3. The van der Waals surface area contributed by atoms with E-state index in [4.69, 9.17) is 21.3 Å². The van der Waals surface area contributed by atoms with Gasteiger partial charge in [0.05, 0.1) is 39.4 Å². The summed E-state index contributed by atoms with van der Waals surface area (Å²) in [6, 6.07) is 7.75. The topological polar surface area (TPSA) is 88.1 Å². The van der Waals surface area contributed by atoms with Gasteiger partial charge in [-0.2, -0.15) is 5.10 Å².